The average molecular weight is 292 g/mol. The summed E-state index contributed by atoms with van der Waals surface area (Å²) in [6.07, 6.45) is 3.40. The van der Waals surface area contributed by atoms with Crippen LogP contribution in [0.25, 0.3) is 16.7 Å². The molecule has 3 rings (SSSR count). The van der Waals surface area contributed by atoms with E-state index in [0.29, 0.717) is 0 Å². The number of fused-ring (bicyclic) bond motifs is 1. The standard InChI is InChI=1S/C16H16N6/c1-2-12-11-13(7-8-14(12)19-18-10-9-17)22-16-6-4-3-5-15(16)20-21-22/h3-11,17,19H,2H2,1H3/b17-9?,18-10-. The monoisotopic (exact) mass is 292 g/mol. The van der Waals surface area contributed by atoms with Crippen molar-refractivity contribution in [2.75, 3.05) is 5.43 Å². The molecule has 6 heteroatoms. The summed E-state index contributed by atoms with van der Waals surface area (Å²) >= 11 is 0. The predicted octanol–water partition coefficient (Wildman–Crippen LogP) is 3.03. The Morgan fingerprint density at radius 1 is 1.27 bits per heavy atom. The minimum absolute atomic E-state index is 0.864. The number of aromatic nitrogens is 3. The van der Waals surface area contributed by atoms with E-state index in [4.69, 9.17) is 5.41 Å². The second-order valence-corrected chi connectivity index (χ2v) is 4.74. The maximum atomic E-state index is 6.94. The number of nitrogens with zero attached hydrogens (tertiary/aromatic N) is 4. The first-order valence-electron chi connectivity index (χ1n) is 7.05. The van der Waals surface area contributed by atoms with Gasteiger partial charge in [0.25, 0.3) is 0 Å². The molecule has 0 aliphatic heterocycles. The first kappa shape index (κ1) is 13.9. The van der Waals surface area contributed by atoms with E-state index in [2.05, 4.69) is 33.8 Å². The van der Waals surface area contributed by atoms with Gasteiger partial charge in [-0.25, -0.2) is 4.68 Å². The molecule has 0 fully saturated rings. The Kier molecular flexibility index (Phi) is 3.91. The molecule has 0 saturated carbocycles. The summed E-state index contributed by atoms with van der Waals surface area (Å²) in [5.41, 5.74) is 7.81. The Labute approximate surface area is 128 Å². The van der Waals surface area contributed by atoms with Crippen LogP contribution in [0.5, 0.6) is 0 Å². The summed E-state index contributed by atoms with van der Waals surface area (Å²) in [5, 5.41) is 19.3. The fourth-order valence-corrected chi connectivity index (χ4v) is 2.32. The minimum Gasteiger partial charge on any atom is -0.307 e. The smallest absolute Gasteiger partial charge is 0.113 e. The number of hydrazone groups is 1. The molecule has 0 aliphatic carbocycles. The van der Waals surface area contributed by atoms with E-state index in [1.165, 1.54) is 6.21 Å². The van der Waals surface area contributed by atoms with Gasteiger partial charge in [0, 0.05) is 6.21 Å². The second kappa shape index (κ2) is 6.17. The number of nitrogens with one attached hydrogen (secondary N) is 2. The fourth-order valence-electron chi connectivity index (χ4n) is 2.32. The number of hydrogen-bond donors (Lipinski definition) is 2. The summed E-state index contributed by atoms with van der Waals surface area (Å²) in [4.78, 5) is 0. The van der Waals surface area contributed by atoms with E-state index >= 15 is 0 Å². The zero-order valence-electron chi connectivity index (χ0n) is 12.2. The zero-order valence-corrected chi connectivity index (χ0v) is 12.2. The van der Waals surface area contributed by atoms with E-state index in [0.717, 1.165) is 40.6 Å². The molecule has 0 saturated heterocycles. The molecule has 1 aromatic heterocycles. The van der Waals surface area contributed by atoms with E-state index < -0.39 is 0 Å². The van der Waals surface area contributed by atoms with Gasteiger partial charge in [-0.1, -0.05) is 24.3 Å². The first-order valence-corrected chi connectivity index (χ1v) is 7.05. The quantitative estimate of drug-likeness (QED) is 0.560. The van der Waals surface area contributed by atoms with Crippen LogP contribution in [0.15, 0.2) is 47.6 Å². The molecule has 0 spiro atoms. The van der Waals surface area contributed by atoms with Gasteiger partial charge in [0.1, 0.15) is 5.52 Å². The van der Waals surface area contributed by atoms with Crippen LogP contribution in [0.3, 0.4) is 0 Å². The van der Waals surface area contributed by atoms with Gasteiger partial charge in [-0.3, -0.25) is 5.43 Å². The predicted molar refractivity (Wildman–Crippen MR) is 89.1 cm³/mol. The summed E-state index contributed by atoms with van der Waals surface area (Å²) in [6.45, 7) is 2.09. The lowest BCUT2D eigenvalue weighted by atomic mass is 10.1. The zero-order chi connectivity index (χ0) is 15.4. The molecule has 2 N–H and O–H groups in total. The molecule has 1 heterocycles. The van der Waals surface area contributed by atoms with Crippen molar-refractivity contribution in [3.05, 3.63) is 48.0 Å². The number of anilines is 1. The van der Waals surface area contributed by atoms with Crippen molar-refractivity contribution in [2.24, 2.45) is 5.10 Å². The molecule has 0 amide bonds. The third-order valence-electron chi connectivity index (χ3n) is 3.40. The third kappa shape index (κ3) is 2.58. The summed E-state index contributed by atoms with van der Waals surface area (Å²) in [7, 11) is 0. The molecule has 110 valence electrons. The van der Waals surface area contributed by atoms with Gasteiger partial charge in [-0.05, 0) is 42.3 Å². The van der Waals surface area contributed by atoms with Crippen LogP contribution in [-0.2, 0) is 6.42 Å². The topological polar surface area (TPSA) is 79.0 Å². The van der Waals surface area contributed by atoms with E-state index in [1.54, 1.807) is 0 Å². The van der Waals surface area contributed by atoms with Crippen molar-refractivity contribution in [1.29, 1.82) is 5.41 Å². The summed E-state index contributed by atoms with van der Waals surface area (Å²) in [6, 6.07) is 13.9. The Hall–Kier alpha value is -3.02. The highest BCUT2D eigenvalue weighted by molar-refractivity contribution is 6.14. The highest BCUT2D eigenvalue weighted by Gasteiger charge is 2.08. The van der Waals surface area contributed by atoms with Crippen LogP contribution in [0.4, 0.5) is 5.69 Å². The highest BCUT2D eigenvalue weighted by atomic mass is 15.4. The molecule has 2 aromatic carbocycles. The Morgan fingerprint density at radius 2 is 2.14 bits per heavy atom. The van der Waals surface area contributed by atoms with Crippen LogP contribution < -0.4 is 5.43 Å². The normalized spacial score (nSPS) is 11.1. The first-order chi connectivity index (χ1) is 10.8. The minimum atomic E-state index is 0.864. The number of rotatable bonds is 5. The Morgan fingerprint density at radius 3 is 2.95 bits per heavy atom. The molecule has 3 aromatic rings. The highest BCUT2D eigenvalue weighted by Crippen LogP contribution is 2.22. The Bertz CT molecular complexity index is 834. The van der Waals surface area contributed by atoms with E-state index in [9.17, 15) is 0 Å². The van der Waals surface area contributed by atoms with Crippen molar-refractivity contribution >= 4 is 29.1 Å². The van der Waals surface area contributed by atoms with Gasteiger partial charge in [0.15, 0.2) is 0 Å². The van der Waals surface area contributed by atoms with E-state index in [-0.39, 0.29) is 0 Å². The molecule has 0 atom stereocenters. The molecule has 0 aliphatic rings. The van der Waals surface area contributed by atoms with Crippen molar-refractivity contribution in [3.8, 4) is 5.69 Å². The lowest BCUT2D eigenvalue weighted by molar-refractivity contribution is 0.822. The molecular weight excluding hydrogens is 276 g/mol. The fraction of sp³-hybridized carbons (Fsp3) is 0.125. The van der Waals surface area contributed by atoms with Gasteiger partial charge >= 0.3 is 0 Å². The van der Waals surface area contributed by atoms with Crippen LogP contribution in [0.1, 0.15) is 12.5 Å². The molecule has 6 nitrogen and oxygen atoms in total. The maximum Gasteiger partial charge on any atom is 0.113 e. The van der Waals surface area contributed by atoms with Crippen LogP contribution in [0.2, 0.25) is 0 Å². The number of benzene rings is 2. The van der Waals surface area contributed by atoms with Crippen molar-refractivity contribution in [2.45, 2.75) is 13.3 Å². The van der Waals surface area contributed by atoms with Gasteiger partial charge in [0.05, 0.1) is 23.1 Å². The maximum absolute atomic E-state index is 6.94. The van der Waals surface area contributed by atoms with Gasteiger partial charge in [0.2, 0.25) is 0 Å². The van der Waals surface area contributed by atoms with E-state index in [1.807, 2.05) is 41.1 Å². The van der Waals surface area contributed by atoms with Gasteiger partial charge in [-0.15, -0.1) is 5.10 Å². The molecule has 22 heavy (non-hydrogen) atoms. The average Bonchev–Trinajstić information content (AvgIpc) is 2.99. The van der Waals surface area contributed by atoms with Crippen molar-refractivity contribution in [1.82, 2.24) is 15.0 Å². The molecule has 0 unspecified atom stereocenters. The number of para-hydroxylation sites is 1. The number of hydrogen-bond acceptors (Lipinski definition) is 5. The SMILES string of the molecule is CCc1cc(-n2nnc3ccccc32)ccc1N/N=C\C=N. The molecular formula is C16H16N6. The molecule has 0 bridgehead atoms. The Balaban J connectivity index is 2.01. The van der Waals surface area contributed by atoms with Crippen LogP contribution >= 0.6 is 0 Å². The van der Waals surface area contributed by atoms with Gasteiger partial charge in [-0.2, -0.15) is 5.10 Å². The summed E-state index contributed by atoms with van der Waals surface area (Å²) < 4.78 is 1.83. The molecule has 0 radical (unpaired) electrons. The lowest BCUT2D eigenvalue weighted by Crippen LogP contribution is -2.00. The second-order valence-electron chi connectivity index (χ2n) is 4.74. The van der Waals surface area contributed by atoms with Gasteiger partial charge < -0.3 is 5.41 Å². The van der Waals surface area contributed by atoms with Crippen molar-refractivity contribution in [3.63, 3.8) is 0 Å². The third-order valence-corrected chi connectivity index (χ3v) is 3.40. The van der Waals surface area contributed by atoms with Crippen molar-refractivity contribution < 1.29 is 0 Å². The number of aryl methyl sites for hydroxylation is 1. The van der Waals surface area contributed by atoms with Crippen LogP contribution in [0, 0.1) is 5.41 Å². The largest absolute Gasteiger partial charge is 0.307 e. The lowest BCUT2D eigenvalue weighted by Gasteiger charge is -2.10. The van der Waals surface area contributed by atoms with Crippen LogP contribution in [-0.4, -0.2) is 27.4 Å². The summed E-state index contributed by atoms with van der Waals surface area (Å²) in [5.74, 6) is 0.